The number of halogens is 4. The third-order valence-electron chi connectivity index (χ3n) is 5.93. The van der Waals surface area contributed by atoms with E-state index in [0.29, 0.717) is 22.2 Å². The Labute approximate surface area is 248 Å². The van der Waals surface area contributed by atoms with Crippen LogP contribution < -0.4 is 9.62 Å². The zero-order chi connectivity index (χ0) is 28.9. The zero-order valence-corrected chi connectivity index (χ0v) is 25.3. The van der Waals surface area contributed by atoms with Crippen LogP contribution in [0.25, 0.3) is 0 Å². The van der Waals surface area contributed by atoms with Crippen molar-refractivity contribution in [1.29, 1.82) is 0 Å². The van der Waals surface area contributed by atoms with Crippen LogP contribution in [-0.4, -0.2) is 44.3 Å². The second-order valence-electron chi connectivity index (χ2n) is 8.74. The van der Waals surface area contributed by atoms with E-state index >= 15 is 0 Å². The predicted molar refractivity (Wildman–Crippen MR) is 157 cm³/mol. The number of benzene rings is 3. The molecule has 0 spiro atoms. The average Bonchev–Trinajstić information content (AvgIpc) is 2.86. The normalized spacial score (nSPS) is 12.1. The number of carbonyl (C=O) groups is 2. The van der Waals surface area contributed by atoms with Gasteiger partial charge in [0.2, 0.25) is 11.8 Å². The van der Waals surface area contributed by atoms with E-state index in [0.717, 1.165) is 9.87 Å². The minimum absolute atomic E-state index is 0.0329. The lowest BCUT2D eigenvalue weighted by molar-refractivity contribution is -0.139. The number of aryl methyl sites for hydroxylation is 1. The number of hydrogen-bond donors (Lipinski definition) is 1. The summed E-state index contributed by atoms with van der Waals surface area (Å²) in [5.41, 5.74) is 1.37. The third kappa shape index (κ3) is 7.58. The molecular weight excluding hydrogens is 604 g/mol. The van der Waals surface area contributed by atoms with Gasteiger partial charge in [-0.2, -0.15) is 0 Å². The number of likely N-dealkylation sites (N-methyl/N-ethyl adjacent to an activating group) is 1. The highest BCUT2D eigenvalue weighted by atomic mass is 35.5. The molecular formula is C27H27Cl4N3O4S. The Morgan fingerprint density at radius 3 is 2.03 bits per heavy atom. The maximum absolute atomic E-state index is 13.9. The van der Waals surface area contributed by atoms with Gasteiger partial charge in [0.15, 0.2) is 0 Å². The summed E-state index contributed by atoms with van der Waals surface area (Å²) < 4.78 is 28.6. The standard InChI is InChI=1S/C27H27Cl4N3O4S/c1-4-32-27(36)18(3)33(15-23-24(30)6-5-7-25(23)31)26(35)16-34(21-13-19(28)12-20(29)14-21)39(37,38)22-10-8-17(2)9-11-22/h5-14,18H,4,15-16H2,1-3H3,(H,32,36)/t18-/m1/s1. The molecule has 2 amide bonds. The van der Waals surface area contributed by atoms with Crippen LogP contribution in [0.4, 0.5) is 5.69 Å². The van der Waals surface area contributed by atoms with E-state index < -0.39 is 34.4 Å². The summed E-state index contributed by atoms with van der Waals surface area (Å²) in [6.07, 6.45) is 0. The molecule has 0 fully saturated rings. The largest absolute Gasteiger partial charge is 0.355 e. The van der Waals surface area contributed by atoms with Gasteiger partial charge in [-0.3, -0.25) is 13.9 Å². The lowest BCUT2D eigenvalue weighted by Gasteiger charge is -2.32. The van der Waals surface area contributed by atoms with Gasteiger partial charge in [0.05, 0.1) is 10.6 Å². The molecule has 3 aromatic rings. The molecule has 3 rings (SSSR count). The fourth-order valence-corrected chi connectivity index (χ4v) is 6.24. The minimum Gasteiger partial charge on any atom is -0.355 e. The van der Waals surface area contributed by atoms with Crippen molar-refractivity contribution in [2.45, 2.75) is 38.3 Å². The van der Waals surface area contributed by atoms with Gasteiger partial charge in [0.1, 0.15) is 12.6 Å². The van der Waals surface area contributed by atoms with Crippen molar-refractivity contribution in [2.75, 3.05) is 17.4 Å². The first-order chi connectivity index (χ1) is 18.3. The van der Waals surface area contributed by atoms with Crippen LogP contribution in [0.3, 0.4) is 0 Å². The Morgan fingerprint density at radius 2 is 1.49 bits per heavy atom. The van der Waals surface area contributed by atoms with Crippen LogP contribution in [0, 0.1) is 6.92 Å². The lowest BCUT2D eigenvalue weighted by Crippen LogP contribution is -2.51. The van der Waals surface area contributed by atoms with Crippen LogP contribution in [0.1, 0.15) is 25.0 Å². The number of nitrogens with zero attached hydrogens (tertiary/aromatic N) is 2. The molecule has 0 bridgehead atoms. The number of sulfonamides is 1. The molecule has 7 nitrogen and oxygen atoms in total. The van der Waals surface area contributed by atoms with Crippen LogP contribution in [0.2, 0.25) is 20.1 Å². The summed E-state index contributed by atoms with van der Waals surface area (Å²) in [7, 11) is -4.26. The summed E-state index contributed by atoms with van der Waals surface area (Å²) in [5.74, 6) is -1.09. The SMILES string of the molecule is CCNC(=O)[C@@H](C)N(Cc1c(Cl)cccc1Cl)C(=O)CN(c1cc(Cl)cc(Cl)c1)S(=O)(=O)c1ccc(C)cc1. The Kier molecular flexibility index (Phi) is 10.5. The Morgan fingerprint density at radius 1 is 0.923 bits per heavy atom. The molecule has 0 aliphatic heterocycles. The number of nitrogens with one attached hydrogen (secondary N) is 1. The number of hydrogen-bond acceptors (Lipinski definition) is 4. The van der Waals surface area contributed by atoms with Gasteiger partial charge in [0.25, 0.3) is 10.0 Å². The van der Waals surface area contributed by atoms with Crippen molar-refractivity contribution < 1.29 is 18.0 Å². The highest BCUT2D eigenvalue weighted by molar-refractivity contribution is 7.92. The smallest absolute Gasteiger partial charge is 0.264 e. The minimum atomic E-state index is -4.26. The van der Waals surface area contributed by atoms with E-state index in [4.69, 9.17) is 46.4 Å². The molecule has 0 unspecified atom stereocenters. The van der Waals surface area contributed by atoms with Gasteiger partial charge in [-0.1, -0.05) is 70.2 Å². The maximum atomic E-state index is 13.9. The molecule has 0 saturated carbocycles. The van der Waals surface area contributed by atoms with Crippen molar-refractivity contribution in [2.24, 2.45) is 0 Å². The molecule has 3 aromatic carbocycles. The quantitative estimate of drug-likeness (QED) is 0.283. The molecule has 1 N–H and O–H groups in total. The van der Waals surface area contributed by atoms with Crippen molar-refractivity contribution in [1.82, 2.24) is 10.2 Å². The van der Waals surface area contributed by atoms with E-state index in [1.807, 2.05) is 6.92 Å². The molecule has 39 heavy (non-hydrogen) atoms. The van der Waals surface area contributed by atoms with Crippen molar-refractivity contribution in [3.63, 3.8) is 0 Å². The highest BCUT2D eigenvalue weighted by Gasteiger charge is 2.33. The predicted octanol–water partition coefficient (Wildman–Crippen LogP) is 6.36. The monoisotopic (exact) mass is 629 g/mol. The van der Waals surface area contributed by atoms with E-state index in [1.165, 1.54) is 35.2 Å². The molecule has 0 aliphatic carbocycles. The molecule has 208 valence electrons. The first kappa shape index (κ1) is 31.0. The number of amides is 2. The molecule has 0 aromatic heterocycles. The van der Waals surface area contributed by atoms with E-state index in [2.05, 4.69) is 5.32 Å². The fourth-order valence-electron chi connectivity index (χ4n) is 3.81. The van der Waals surface area contributed by atoms with Gasteiger partial charge in [0, 0.05) is 38.7 Å². The molecule has 12 heteroatoms. The summed E-state index contributed by atoms with van der Waals surface area (Å²) in [6, 6.07) is 14.4. The molecule has 0 aliphatic rings. The van der Waals surface area contributed by atoms with Crippen LogP contribution in [-0.2, 0) is 26.2 Å². The first-order valence-corrected chi connectivity index (χ1v) is 14.9. The molecule has 0 saturated heterocycles. The summed E-state index contributed by atoms with van der Waals surface area (Å²) in [5, 5.41) is 3.66. The topological polar surface area (TPSA) is 86.8 Å². The van der Waals surface area contributed by atoms with Crippen molar-refractivity contribution in [3.8, 4) is 0 Å². The maximum Gasteiger partial charge on any atom is 0.264 e. The molecule has 1 atom stereocenters. The molecule has 0 radical (unpaired) electrons. The van der Waals surface area contributed by atoms with Crippen LogP contribution >= 0.6 is 46.4 Å². The first-order valence-electron chi connectivity index (χ1n) is 11.9. The van der Waals surface area contributed by atoms with Crippen LogP contribution in [0.5, 0.6) is 0 Å². The van der Waals surface area contributed by atoms with Gasteiger partial charge in [-0.05, 0) is 63.2 Å². The second kappa shape index (κ2) is 13.2. The van der Waals surface area contributed by atoms with E-state index in [1.54, 1.807) is 44.2 Å². The number of anilines is 1. The number of rotatable bonds is 10. The lowest BCUT2D eigenvalue weighted by atomic mass is 10.1. The van der Waals surface area contributed by atoms with Gasteiger partial charge in [-0.15, -0.1) is 0 Å². The van der Waals surface area contributed by atoms with Gasteiger partial charge >= 0.3 is 0 Å². The third-order valence-corrected chi connectivity index (χ3v) is 8.86. The highest BCUT2D eigenvalue weighted by Crippen LogP contribution is 2.31. The zero-order valence-electron chi connectivity index (χ0n) is 21.4. The summed E-state index contributed by atoms with van der Waals surface area (Å²) in [6.45, 7) is 4.67. The Hall–Kier alpha value is -2.49. The average molecular weight is 631 g/mol. The molecule has 0 heterocycles. The second-order valence-corrected chi connectivity index (χ2v) is 12.3. The van der Waals surface area contributed by atoms with Gasteiger partial charge in [-0.25, -0.2) is 8.42 Å². The number of carbonyl (C=O) groups excluding carboxylic acids is 2. The van der Waals surface area contributed by atoms with E-state index in [-0.39, 0.29) is 27.2 Å². The van der Waals surface area contributed by atoms with E-state index in [9.17, 15) is 18.0 Å². The fraction of sp³-hybridized carbons (Fsp3) is 0.259. The Balaban J connectivity index is 2.10. The van der Waals surface area contributed by atoms with Crippen LogP contribution in [0.15, 0.2) is 65.6 Å². The summed E-state index contributed by atoms with van der Waals surface area (Å²) >= 11 is 25.1. The summed E-state index contributed by atoms with van der Waals surface area (Å²) in [4.78, 5) is 27.9. The van der Waals surface area contributed by atoms with Crippen molar-refractivity contribution >= 4 is 73.9 Å². The van der Waals surface area contributed by atoms with Crippen molar-refractivity contribution in [3.05, 3.63) is 91.9 Å². The Bertz CT molecular complexity index is 1430. The van der Waals surface area contributed by atoms with Gasteiger partial charge < -0.3 is 10.2 Å².